The molecule has 0 spiro atoms. The van der Waals surface area contributed by atoms with Gasteiger partial charge in [0.25, 0.3) is 0 Å². The minimum absolute atomic E-state index is 0.324. The molecule has 0 aliphatic heterocycles. The van der Waals surface area contributed by atoms with Gasteiger partial charge in [-0.2, -0.15) is 0 Å². The summed E-state index contributed by atoms with van der Waals surface area (Å²) in [6, 6.07) is 16.9. The van der Waals surface area contributed by atoms with Crippen molar-refractivity contribution in [2.75, 3.05) is 31.1 Å². The Balaban J connectivity index is 1.67. The molecule has 3 aromatic rings. The van der Waals surface area contributed by atoms with Gasteiger partial charge in [-0.25, -0.2) is 0 Å². The number of rotatable bonds is 11. The summed E-state index contributed by atoms with van der Waals surface area (Å²) < 4.78 is 11.6. The van der Waals surface area contributed by atoms with E-state index < -0.39 is 0 Å². The van der Waals surface area contributed by atoms with Gasteiger partial charge < -0.3 is 13.7 Å². The molecule has 1 aromatic carbocycles. The van der Waals surface area contributed by atoms with Crippen LogP contribution in [0.4, 0.5) is 5.69 Å². The zero-order chi connectivity index (χ0) is 26.0. The van der Waals surface area contributed by atoms with Gasteiger partial charge in [0, 0.05) is 36.0 Å². The highest BCUT2D eigenvalue weighted by Gasteiger charge is 2.14. The number of nitrogens with zero attached hydrogens (tertiary/aromatic N) is 2. The van der Waals surface area contributed by atoms with Crippen LogP contribution in [0.25, 0.3) is 11.1 Å². The maximum absolute atomic E-state index is 5.81. The maximum atomic E-state index is 5.81. The molecule has 1 aliphatic rings. The molecule has 0 atom stereocenters. The minimum Gasteiger partial charge on any atom is -0.464 e. The number of anilines is 1. The minimum atomic E-state index is 0.324. The molecule has 2 aromatic heterocycles. The van der Waals surface area contributed by atoms with Crippen molar-refractivity contribution in [3.05, 3.63) is 126 Å². The third-order valence-electron chi connectivity index (χ3n) is 6.90. The summed E-state index contributed by atoms with van der Waals surface area (Å²) in [5.41, 5.74) is 5.55. The lowest BCUT2D eigenvalue weighted by atomic mass is 9.97. The van der Waals surface area contributed by atoms with Crippen LogP contribution < -0.4 is 4.90 Å². The van der Waals surface area contributed by atoms with Gasteiger partial charge in [-0.3, -0.25) is 4.90 Å². The molecular weight excluding hydrogens is 456 g/mol. The zero-order valence-corrected chi connectivity index (χ0v) is 22.4. The van der Waals surface area contributed by atoms with Crippen molar-refractivity contribution >= 4 is 16.8 Å². The first-order chi connectivity index (χ1) is 18.2. The van der Waals surface area contributed by atoms with E-state index in [4.69, 9.17) is 8.83 Å². The highest BCUT2D eigenvalue weighted by molar-refractivity contribution is 5.82. The monoisotopic (exact) mass is 494 g/mol. The summed E-state index contributed by atoms with van der Waals surface area (Å²) in [6.07, 6.45) is 18.7. The van der Waals surface area contributed by atoms with Crippen LogP contribution in [-0.4, -0.2) is 37.1 Å². The zero-order valence-electron chi connectivity index (χ0n) is 22.4. The van der Waals surface area contributed by atoms with Gasteiger partial charge in [-0.15, -0.1) is 0 Å². The Labute approximate surface area is 221 Å². The molecule has 0 unspecified atom stereocenters. The van der Waals surface area contributed by atoms with E-state index in [1.165, 1.54) is 5.69 Å². The second-order valence-corrected chi connectivity index (χ2v) is 8.91. The number of benzene rings is 1. The Morgan fingerprint density at radius 3 is 1.95 bits per heavy atom. The molecular formula is C33H38N2O2. The van der Waals surface area contributed by atoms with Crippen LogP contribution in [0.5, 0.6) is 0 Å². The number of hydrogen-bond acceptors (Lipinski definition) is 4. The molecule has 2 heterocycles. The number of allylic oxidation sites excluding steroid dienone is 7. The van der Waals surface area contributed by atoms with Gasteiger partial charge in [0.15, 0.2) is 0 Å². The van der Waals surface area contributed by atoms with Gasteiger partial charge in [-0.1, -0.05) is 68.5 Å². The fourth-order valence-corrected chi connectivity index (χ4v) is 4.78. The van der Waals surface area contributed by atoms with Gasteiger partial charge >= 0.3 is 0 Å². The van der Waals surface area contributed by atoms with Crippen LogP contribution in [0.1, 0.15) is 44.8 Å². The van der Waals surface area contributed by atoms with Crippen LogP contribution in [0.3, 0.4) is 0 Å². The third-order valence-corrected chi connectivity index (χ3v) is 6.90. The van der Waals surface area contributed by atoms with Crippen molar-refractivity contribution in [3.8, 4) is 0 Å². The predicted octanol–water partition coefficient (Wildman–Crippen LogP) is 8.00. The van der Waals surface area contributed by atoms with Crippen LogP contribution in [0, 0.1) is 0 Å². The Bertz CT molecular complexity index is 1230. The first-order valence-corrected chi connectivity index (χ1v) is 13.3. The normalized spacial score (nSPS) is 15.8. The van der Waals surface area contributed by atoms with Crippen LogP contribution in [-0.2, 0) is 0 Å². The lowest BCUT2D eigenvalue weighted by Crippen LogP contribution is -2.32. The summed E-state index contributed by atoms with van der Waals surface area (Å²) in [5, 5.41) is 0. The van der Waals surface area contributed by atoms with E-state index >= 15 is 0 Å². The Morgan fingerprint density at radius 2 is 1.41 bits per heavy atom. The Hall–Kier alpha value is -3.76. The summed E-state index contributed by atoms with van der Waals surface area (Å²) >= 11 is 0. The predicted molar refractivity (Wildman–Crippen MR) is 156 cm³/mol. The average Bonchev–Trinajstić information content (AvgIpc) is 3.67. The quantitative estimate of drug-likeness (QED) is 0.253. The van der Waals surface area contributed by atoms with Gasteiger partial charge in [0.05, 0.1) is 12.5 Å². The van der Waals surface area contributed by atoms with Gasteiger partial charge in [0.1, 0.15) is 11.5 Å². The van der Waals surface area contributed by atoms with Gasteiger partial charge in [0.2, 0.25) is 0 Å². The summed E-state index contributed by atoms with van der Waals surface area (Å²) in [5.74, 6) is 1.69. The molecule has 0 radical (unpaired) electrons. The van der Waals surface area contributed by atoms with Crippen molar-refractivity contribution in [2.45, 2.75) is 33.7 Å². The highest BCUT2D eigenvalue weighted by Crippen LogP contribution is 2.29. The first kappa shape index (κ1) is 26.3. The van der Waals surface area contributed by atoms with E-state index in [-0.39, 0.29) is 0 Å². The number of likely N-dealkylation sites (N-methyl/N-ethyl adjacent to an activating group) is 1. The molecule has 0 amide bonds. The number of furan rings is 2. The SMILES string of the molecule is CCN(CC)c1ccc(C(=CC=CC(=C2C=CC(N(CC)CC)C=C2)c2ccco2)c2ccco2)cc1. The summed E-state index contributed by atoms with van der Waals surface area (Å²) in [7, 11) is 0. The molecule has 37 heavy (non-hydrogen) atoms. The second kappa shape index (κ2) is 13.0. The number of hydrogen-bond donors (Lipinski definition) is 0. The van der Waals surface area contributed by atoms with Crippen molar-refractivity contribution in [3.63, 3.8) is 0 Å². The molecule has 1 aliphatic carbocycles. The van der Waals surface area contributed by atoms with Crippen molar-refractivity contribution in [1.29, 1.82) is 0 Å². The summed E-state index contributed by atoms with van der Waals surface area (Å²) in [6.45, 7) is 12.8. The Kier molecular flexibility index (Phi) is 9.23. The highest BCUT2D eigenvalue weighted by atomic mass is 16.3. The lowest BCUT2D eigenvalue weighted by Gasteiger charge is -2.26. The topological polar surface area (TPSA) is 32.8 Å². The van der Waals surface area contributed by atoms with E-state index in [0.717, 1.165) is 60.0 Å². The van der Waals surface area contributed by atoms with Crippen LogP contribution >= 0.6 is 0 Å². The standard InChI is InChI=1S/C33H38N2O2/c1-5-34(6-2)28-20-16-26(17-21-28)30(32-14-10-24-36-32)12-9-13-31(33-15-11-25-37-33)27-18-22-29(23-19-27)35(7-3)8-4/h9-25,28H,5-8H2,1-4H3. The van der Waals surface area contributed by atoms with E-state index in [0.29, 0.717) is 6.04 Å². The van der Waals surface area contributed by atoms with E-state index in [1.807, 2.05) is 24.3 Å². The average molecular weight is 495 g/mol. The van der Waals surface area contributed by atoms with E-state index in [1.54, 1.807) is 12.5 Å². The fourth-order valence-electron chi connectivity index (χ4n) is 4.78. The Morgan fingerprint density at radius 1 is 0.784 bits per heavy atom. The molecule has 0 bridgehead atoms. The van der Waals surface area contributed by atoms with Crippen LogP contribution in [0.15, 0.2) is 118 Å². The molecule has 0 saturated heterocycles. The molecule has 0 saturated carbocycles. The van der Waals surface area contributed by atoms with E-state index in [2.05, 4.69) is 104 Å². The second-order valence-electron chi connectivity index (χ2n) is 8.91. The molecule has 4 rings (SSSR count). The molecule has 192 valence electrons. The maximum Gasteiger partial charge on any atom is 0.134 e. The largest absolute Gasteiger partial charge is 0.464 e. The smallest absolute Gasteiger partial charge is 0.134 e. The van der Waals surface area contributed by atoms with Gasteiger partial charge in [-0.05, 0) is 74.5 Å². The third kappa shape index (κ3) is 6.33. The van der Waals surface area contributed by atoms with Crippen molar-refractivity contribution < 1.29 is 8.83 Å². The fraction of sp³-hybridized carbons (Fsp3) is 0.273. The summed E-state index contributed by atoms with van der Waals surface area (Å²) in [4.78, 5) is 4.77. The van der Waals surface area contributed by atoms with E-state index in [9.17, 15) is 0 Å². The molecule has 4 nitrogen and oxygen atoms in total. The molecule has 4 heteroatoms. The van der Waals surface area contributed by atoms with Crippen molar-refractivity contribution in [1.82, 2.24) is 4.90 Å². The molecule has 0 fully saturated rings. The lowest BCUT2D eigenvalue weighted by molar-refractivity contribution is 0.287. The van der Waals surface area contributed by atoms with Crippen LogP contribution in [0.2, 0.25) is 0 Å². The molecule has 0 N–H and O–H groups in total. The van der Waals surface area contributed by atoms with Crippen molar-refractivity contribution in [2.24, 2.45) is 0 Å². The first-order valence-electron chi connectivity index (χ1n) is 13.3.